The zero-order chi connectivity index (χ0) is 18.9. The molecule has 2 aromatic heterocycles. The second-order valence-corrected chi connectivity index (χ2v) is 7.41. The van der Waals surface area contributed by atoms with Crippen LogP contribution in [0.5, 0.6) is 11.5 Å². The first kappa shape index (κ1) is 16.8. The van der Waals surface area contributed by atoms with Crippen LogP contribution >= 0.6 is 11.3 Å². The molecule has 1 aliphatic rings. The van der Waals surface area contributed by atoms with Crippen LogP contribution in [0, 0.1) is 0 Å². The molecule has 4 aromatic rings. The normalized spacial score (nSPS) is 13.3. The number of benzene rings is 2. The van der Waals surface area contributed by atoms with Crippen LogP contribution in [0.2, 0.25) is 0 Å². The van der Waals surface area contributed by atoms with Gasteiger partial charge in [-0.2, -0.15) is 0 Å². The van der Waals surface area contributed by atoms with Gasteiger partial charge in [-0.1, -0.05) is 42.5 Å². The van der Waals surface area contributed by atoms with Gasteiger partial charge in [-0.05, 0) is 35.4 Å². The zero-order valence-corrected chi connectivity index (χ0v) is 15.7. The highest BCUT2D eigenvalue weighted by Crippen LogP contribution is 2.32. The van der Waals surface area contributed by atoms with E-state index in [2.05, 4.69) is 9.97 Å². The van der Waals surface area contributed by atoms with Crippen molar-refractivity contribution in [3.63, 3.8) is 0 Å². The first-order valence-corrected chi connectivity index (χ1v) is 9.75. The van der Waals surface area contributed by atoms with Crippen LogP contribution in [0.15, 0.2) is 59.4 Å². The van der Waals surface area contributed by atoms with Crippen molar-refractivity contribution in [2.45, 2.75) is 0 Å². The third-order valence-corrected chi connectivity index (χ3v) is 5.56. The van der Waals surface area contributed by atoms with E-state index >= 15 is 0 Å². The number of ether oxygens (including phenoxy) is 2. The van der Waals surface area contributed by atoms with Crippen molar-refractivity contribution in [3.05, 3.63) is 76.3 Å². The monoisotopic (exact) mass is 388 g/mol. The Bertz CT molecular complexity index is 1240. The molecule has 0 saturated heterocycles. The third-order valence-electron chi connectivity index (χ3n) is 4.48. The van der Waals surface area contributed by atoms with Crippen molar-refractivity contribution in [2.75, 3.05) is 13.2 Å². The average molecular weight is 388 g/mol. The summed E-state index contributed by atoms with van der Waals surface area (Å²) in [6.45, 7) is 1.12. The predicted octanol–water partition coefficient (Wildman–Crippen LogP) is 4.59. The number of nitrogens with zero attached hydrogens (tertiary/aromatic N) is 1. The number of hydrogen-bond donors (Lipinski definition) is 1. The molecule has 2 aromatic carbocycles. The van der Waals surface area contributed by atoms with E-state index in [4.69, 9.17) is 9.47 Å². The maximum atomic E-state index is 12.5. The molecule has 5 rings (SSSR count). The minimum atomic E-state index is -0.134. The van der Waals surface area contributed by atoms with Gasteiger partial charge in [0.25, 0.3) is 5.56 Å². The van der Waals surface area contributed by atoms with Crippen LogP contribution in [-0.4, -0.2) is 23.2 Å². The maximum absolute atomic E-state index is 12.5. The van der Waals surface area contributed by atoms with Gasteiger partial charge in [0.05, 0.1) is 5.39 Å². The predicted molar refractivity (Wildman–Crippen MR) is 112 cm³/mol. The molecule has 5 nitrogen and oxygen atoms in total. The van der Waals surface area contributed by atoms with Gasteiger partial charge < -0.3 is 14.5 Å². The Balaban J connectivity index is 1.48. The summed E-state index contributed by atoms with van der Waals surface area (Å²) >= 11 is 1.52. The summed E-state index contributed by atoms with van der Waals surface area (Å²) in [5, 5.41) is 0.611. The van der Waals surface area contributed by atoms with Crippen molar-refractivity contribution in [3.8, 4) is 21.9 Å². The summed E-state index contributed by atoms with van der Waals surface area (Å²) < 4.78 is 11.1. The standard InChI is InChI=1S/C22H16N2O3S/c25-21-16-13-19(15-4-2-1-3-5-15)28-22(16)24-20(23-21)9-7-14-6-8-17-18(12-14)27-11-10-26-17/h1-9,12-13H,10-11H2,(H,23,24,25)/b9-7+. The van der Waals surface area contributed by atoms with Crippen LogP contribution in [0.4, 0.5) is 0 Å². The molecule has 0 amide bonds. The van der Waals surface area contributed by atoms with Crippen LogP contribution in [-0.2, 0) is 0 Å². The molecule has 0 bridgehead atoms. The van der Waals surface area contributed by atoms with Gasteiger partial charge in [0.2, 0.25) is 0 Å². The lowest BCUT2D eigenvalue weighted by Gasteiger charge is -2.18. The lowest BCUT2D eigenvalue weighted by Crippen LogP contribution is -2.15. The summed E-state index contributed by atoms with van der Waals surface area (Å²) in [4.78, 5) is 21.7. The molecule has 0 spiro atoms. The van der Waals surface area contributed by atoms with Crippen molar-refractivity contribution in [2.24, 2.45) is 0 Å². The number of fused-ring (bicyclic) bond motifs is 2. The van der Waals surface area contributed by atoms with Gasteiger partial charge in [0.15, 0.2) is 11.5 Å². The Kier molecular flexibility index (Phi) is 4.18. The van der Waals surface area contributed by atoms with Gasteiger partial charge in [-0.15, -0.1) is 11.3 Å². The number of aromatic amines is 1. The van der Waals surface area contributed by atoms with E-state index in [9.17, 15) is 4.79 Å². The summed E-state index contributed by atoms with van der Waals surface area (Å²) in [5.41, 5.74) is 1.90. The Morgan fingerprint density at radius 3 is 2.64 bits per heavy atom. The largest absolute Gasteiger partial charge is 0.486 e. The van der Waals surface area contributed by atoms with Gasteiger partial charge >= 0.3 is 0 Å². The molecule has 1 N–H and O–H groups in total. The molecular weight excluding hydrogens is 372 g/mol. The first-order chi connectivity index (χ1) is 13.8. The van der Waals surface area contributed by atoms with Crippen molar-refractivity contribution < 1.29 is 9.47 Å². The minimum Gasteiger partial charge on any atom is -0.486 e. The zero-order valence-electron chi connectivity index (χ0n) is 14.8. The highest BCUT2D eigenvalue weighted by atomic mass is 32.1. The topological polar surface area (TPSA) is 64.2 Å². The number of H-pyrrole nitrogens is 1. The quantitative estimate of drug-likeness (QED) is 0.557. The molecule has 0 atom stereocenters. The lowest BCUT2D eigenvalue weighted by molar-refractivity contribution is 0.171. The number of nitrogens with one attached hydrogen (secondary N) is 1. The van der Waals surface area contributed by atoms with Crippen molar-refractivity contribution >= 4 is 33.7 Å². The van der Waals surface area contributed by atoms with E-state index in [1.807, 2.05) is 60.7 Å². The molecule has 0 unspecified atom stereocenters. The molecule has 0 radical (unpaired) electrons. The molecule has 28 heavy (non-hydrogen) atoms. The summed E-state index contributed by atoms with van der Waals surface area (Å²) in [6, 6.07) is 17.7. The fourth-order valence-corrected chi connectivity index (χ4v) is 4.16. The van der Waals surface area contributed by atoms with E-state index in [1.165, 1.54) is 11.3 Å². The summed E-state index contributed by atoms with van der Waals surface area (Å²) in [7, 11) is 0. The smallest absolute Gasteiger partial charge is 0.259 e. The first-order valence-electron chi connectivity index (χ1n) is 8.93. The van der Waals surface area contributed by atoms with Gasteiger partial charge in [-0.25, -0.2) is 4.98 Å². The SMILES string of the molecule is O=c1[nH]c(/C=C/c2ccc3c(c2)OCCO3)nc2sc(-c3ccccc3)cc12. The molecule has 0 fully saturated rings. The van der Waals surface area contributed by atoms with Crippen molar-refractivity contribution in [1.29, 1.82) is 0 Å². The summed E-state index contributed by atoms with van der Waals surface area (Å²) in [5.74, 6) is 2.01. The third kappa shape index (κ3) is 3.18. The highest BCUT2D eigenvalue weighted by Gasteiger charge is 2.11. The lowest BCUT2D eigenvalue weighted by atomic mass is 10.1. The number of rotatable bonds is 3. The van der Waals surface area contributed by atoms with E-state index < -0.39 is 0 Å². The second kappa shape index (κ2) is 6.98. The molecule has 138 valence electrons. The number of hydrogen-bond acceptors (Lipinski definition) is 5. The number of thiophene rings is 1. The average Bonchev–Trinajstić information content (AvgIpc) is 3.18. The van der Waals surface area contributed by atoms with Crippen LogP contribution in [0.1, 0.15) is 11.4 Å². The van der Waals surface area contributed by atoms with E-state index in [0.717, 1.165) is 32.3 Å². The molecule has 0 saturated carbocycles. The van der Waals surface area contributed by atoms with Gasteiger partial charge in [-0.3, -0.25) is 4.79 Å². The molecule has 6 heteroatoms. The molecular formula is C22H16N2O3S. The maximum Gasteiger partial charge on any atom is 0.259 e. The highest BCUT2D eigenvalue weighted by molar-refractivity contribution is 7.21. The molecule has 1 aliphatic heterocycles. The Morgan fingerprint density at radius 1 is 0.964 bits per heavy atom. The van der Waals surface area contributed by atoms with E-state index in [0.29, 0.717) is 24.4 Å². The van der Waals surface area contributed by atoms with Crippen LogP contribution in [0.25, 0.3) is 32.8 Å². The fraction of sp³-hybridized carbons (Fsp3) is 0.0909. The molecule has 3 heterocycles. The Hall–Kier alpha value is -3.38. The van der Waals surface area contributed by atoms with Crippen LogP contribution in [0.3, 0.4) is 0 Å². The van der Waals surface area contributed by atoms with Crippen molar-refractivity contribution in [1.82, 2.24) is 9.97 Å². The fourth-order valence-electron chi connectivity index (χ4n) is 3.11. The second-order valence-electron chi connectivity index (χ2n) is 6.38. The van der Waals surface area contributed by atoms with Crippen LogP contribution < -0.4 is 15.0 Å². The summed E-state index contributed by atoms with van der Waals surface area (Å²) in [6.07, 6.45) is 3.70. The molecule has 0 aliphatic carbocycles. The Labute approximate surface area is 164 Å². The van der Waals surface area contributed by atoms with E-state index in [1.54, 1.807) is 6.08 Å². The van der Waals surface area contributed by atoms with E-state index in [-0.39, 0.29) is 5.56 Å². The van der Waals surface area contributed by atoms with Gasteiger partial charge in [0.1, 0.15) is 23.9 Å². The Morgan fingerprint density at radius 2 is 1.79 bits per heavy atom. The van der Waals surface area contributed by atoms with Gasteiger partial charge in [0, 0.05) is 4.88 Å². The minimum absolute atomic E-state index is 0.134. The number of aromatic nitrogens is 2.